The first-order valence-corrected chi connectivity index (χ1v) is 10.5. The Morgan fingerprint density at radius 3 is 2.19 bits per heavy atom. The van der Waals surface area contributed by atoms with Crippen LogP contribution in [0.5, 0.6) is 0 Å². The average Bonchev–Trinajstić information content (AvgIpc) is 3.26. The quantitative estimate of drug-likeness (QED) is 0.587. The van der Waals surface area contributed by atoms with Crippen molar-refractivity contribution in [2.45, 2.75) is 32.9 Å². The largest absolute Gasteiger partial charge is 0.273 e. The van der Waals surface area contributed by atoms with E-state index >= 15 is 0 Å². The smallest absolute Gasteiger partial charge is 0.266 e. The number of benzene rings is 3. The lowest BCUT2D eigenvalue weighted by Gasteiger charge is -2.30. The molecule has 0 bridgehead atoms. The third-order valence-corrected chi connectivity index (χ3v) is 6.23. The van der Waals surface area contributed by atoms with Crippen molar-refractivity contribution in [3.05, 3.63) is 95.1 Å². The zero-order chi connectivity index (χ0) is 21.7. The van der Waals surface area contributed by atoms with Crippen LogP contribution >= 0.6 is 0 Å². The molecule has 5 rings (SSSR count). The van der Waals surface area contributed by atoms with E-state index in [0.29, 0.717) is 5.69 Å². The molecule has 3 atom stereocenters. The van der Waals surface area contributed by atoms with Crippen LogP contribution in [-0.2, 0) is 14.4 Å². The minimum Gasteiger partial charge on any atom is -0.273 e. The number of aryl methyl sites for hydroxylation is 3. The van der Waals surface area contributed by atoms with Crippen molar-refractivity contribution in [2.75, 3.05) is 9.96 Å². The summed E-state index contributed by atoms with van der Waals surface area (Å²) in [6.45, 7) is 5.94. The average molecular weight is 412 g/mol. The molecule has 0 spiro atoms. The number of carbonyl (C=O) groups excluding carboxylic acids is 2. The maximum absolute atomic E-state index is 13.7. The summed E-state index contributed by atoms with van der Waals surface area (Å²) in [4.78, 5) is 34.7. The van der Waals surface area contributed by atoms with E-state index in [0.717, 1.165) is 27.9 Å². The molecule has 0 aliphatic carbocycles. The molecule has 2 fully saturated rings. The Labute approximate surface area is 181 Å². The van der Waals surface area contributed by atoms with Crippen molar-refractivity contribution in [3.63, 3.8) is 0 Å². The Morgan fingerprint density at radius 2 is 1.48 bits per heavy atom. The minimum absolute atomic E-state index is 0.214. The molecular weight excluding hydrogens is 388 g/mol. The van der Waals surface area contributed by atoms with Gasteiger partial charge in [-0.2, -0.15) is 0 Å². The van der Waals surface area contributed by atoms with E-state index in [4.69, 9.17) is 4.84 Å². The summed E-state index contributed by atoms with van der Waals surface area (Å²) < 4.78 is 0. The Kier molecular flexibility index (Phi) is 4.63. The molecule has 5 heteroatoms. The first kappa shape index (κ1) is 19.5. The van der Waals surface area contributed by atoms with Gasteiger partial charge in [-0.05, 0) is 55.7 Å². The Balaban J connectivity index is 1.61. The fraction of sp³-hybridized carbons (Fsp3) is 0.231. The summed E-state index contributed by atoms with van der Waals surface area (Å²) in [5.74, 6) is -1.14. The zero-order valence-corrected chi connectivity index (χ0v) is 17.8. The summed E-state index contributed by atoms with van der Waals surface area (Å²) >= 11 is 0. The number of fused-ring (bicyclic) bond motifs is 1. The molecule has 2 saturated heterocycles. The summed E-state index contributed by atoms with van der Waals surface area (Å²) in [6, 6.07) is 23.0. The maximum atomic E-state index is 13.7. The van der Waals surface area contributed by atoms with Crippen molar-refractivity contribution < 1.29 is 14.4 Å². The highest BCUT2D eigenvalue weighted by Gasteiger charge is 2.60. The molecule has 2 aliphatic heterocycles. The van der Waals surface area contributed by atoms with Crippen LogP contribution in [0.25, 0.3) is 0 Å². The van der Waals surface area contributed by atoms with E-state index in [2.05, 4.69) is 0 Å². The number of carbonyl (C=O) groups is 2. The van der Waals surface area contributed by atoms with Crippen molar-refractivity contribution >= 4 is 23.2 Å². The van der Waals surface area contributed by atoms with Crippen LogP contribution in [0.4, 0.5) is 11.4 Å². The van der Waals surface area contributed by atoms with Gasteiger partial charge in [0.05, 0.1) is 17.4 Å². The number of hydrogen-bond acceptors (Lipinski definition) is 4. The lowest BCUT2D eigenvalue weighted by atomic mass is 9.88. The van der Waals surface area contributed by atoms with Crippen LogP contribution in [0.1, 0.15) is 28.3 Å². The van der Waals surface area contributed by atoms with E-state index in [-0.39, 0.29) is 17.9 Å². The third-order valence-electron chi connectivity index (χ3n) is 6.23. The number of imide groups is 1. The van der Waals surface area contributed by atoms with Crippen LogP contribution in [0.15, 0.2) is 72.8 Å². The number of hydroxylamine groups is 1. The molecule has 0 aromatic heterocycles. The first-order chi connectivity index (χ1) is 15.0. The minimum atomic E-state index is -0.849. The van der Waals surface area contributed by atoms with Crippen LogP contribution in [0, 0.1) is 26.7 Å². The second-order valence-corrected chi connectivity index (χ2v) is 8.32. The van der Waals surface area contributed by atoms with E-state index in [1.54, 1.807) is 5.06 Å². The van der Waals surface area contributed by atoms with Gasteiger partial charge in [-0.15, -0.1) is 0 Å². The monoisotopic (exact) mass is 412 g/mol. The maximum Gasteiger partial charge on any atom is 0.266 e. The summed E-state index contributed by atoms with van der Waals surface area (Å²) in [7, 11) is 0. The molecule has 5 nitrogen and oxygen atoms in total. The number of para-hydroxylation sites is 1. The molecule has 3 aromatic carbocycles. The van der Waals surface area contributed by atoms with Crippen molar-refractivity contribution in [1.29, 1.82) is 0 Å². The van der Waals surface area contributed by atoms with Gasteiger partial charge in [0.2, 0.25) is 5.91 Å². The van der Waals surface area contributed by atoms with Crippen molar-refractivity contribution in [3.8, 4) is 0 Å². The van der Waals surface area contributed by atoms with E-state index in [1.165, 1.54) is 4.90 Å². The van der Waals surface area contributed by atoms with Gasteiger partial charge in [-0.1, -0.05) is 60.2 Å². The van der Waals surface area contributed by atoms with Gasteiger partial charge < -0.3 is 0 Å². The van der Waals surface area contributed by atoms with Gasteiger partial charge in [-0.25, -0.2) is 9.96 Å². The fourth-order valence-corrected chi connectivity index (χ4v) is 4.74. The predicted molar refractivity (Wildman–Crippen MR) is 120 cm³/mol. The van der Waals surface area contributed by atoms with Gasteiger partial charge in [0.15, 0.2) is 6.10 Å². The molecule has 0 saturated carbocycles. The van der Waals surface area contributed by atoms with E-state index < -0.39 is 12.0 Å². The highest BCUT2D eigenvalue weighted by Crippen LogP contribution is 2.48. The topological polar surface area (TPSA) is 49.9 Å². The molecule has 0 radical (unpaired) electrons. The molecule has 31 heavy (non-hydrogen) atoms. The Bertz CT molecular complexity index is 1170. The number of anilines is 2. The zero-order valence-electron chi connectivity index (χ0n) is 17.8. The molecular formula is C26H24N2O3. The summed E-state index contributed by atoms with van der Waals surface area (Å²) in [5.41, 5.74) is 5.49. The second kappa shape index (κ2) is 7.36. The van der Waals surface area contributed by atoms with Gasteiger partial charge in [-0.3, -0.25) is 14.4 Å². The van der Waals surface area contributed by atoms with E-state index in [9.17, 15) is 9.59 Å². The molecule has 156 valence electrons. The second-order valence-electron chi connectivity index (χ2n) is 8.32. The summed E-state index contributed by atoms with van der Waals surface area (Å²) in [6.07, 6.45) is -0.849. The van der Waals surface area contributed by atoms with Crippen LogP contribution in [0.3, 0.4) is 0 Å². The van der Waals surface area contributed by atoms with Gasteiger partial charge in [0.1, 0.15) is 5.92 Å². The van der Waals surface area contributed by atoms with Crippen molar-refractivity contribution in [1.82, 2.24) is 0 Å². The fourth-order valence-electron chi connectivity index (χ4n) is 4.74. The Morgan fingerprint density at radius 1 is 0.774 bits per heavy atom. The molecule has 2 amide bonds. The van der Waals surface area contributed by atoms with Gasteiger partial charge in [0.25, 0.3) is 5.91 Å². The number of hydrogen-bond donors (Lipinski definition) is 0. The Hall–Kier alpha value is -3.44. The lowest BCUT2D eigenvalue weighted by Crippen LogP contribution is -2.37. The standard InChI is InChI=1S/C26H24N2O3/c1-16-13-14-21(18(3)15-16)27-25(29)22-23(20-12-8-7-9-17(20)2)28(31-24(22)26(27)30)19-10-5-4-6-11-19/h4-15,22-24H,1-3H3/t22-,23-,24-/m1/s1. The molecule has 2 heterocycles. The van der Waals surface area contributed by atoms with Crippen molar-refractivity contribution in [2.24, 2.45) is 5.92 Å². The number of rotatable bonds is 3. The number of nitrogens with zero attached hydrogens (tertiary/aromatic N) is 2. The number of amides is 2. The predicted octanol–water partition coefficient (Wildman–Crippen LogP) is 4.66. The summed E-state index contributed by atoms with van der Waals surface area (Å²) in [5, 5.41) is 1.74. The van der Waals surface area contributed by atoms with Gasteiger partial charge in [0, 0.05) is 0 Å². The normalized spacial score (nSPS) is 22.9. The lowest BCUT2D eigenvalue weighted by molar-refractivity contribution is -0.126. The third kappa shape index (κ3) is 3.04. The molecule has 2 aliphatic rings. The van der Waals surface area contributed by atoms with Crippen LogP contribution in [0.2, 0.25) is 0 Å². The first-order valence-electron chi connectivity index (χ1n) is 10.5. The van der Waals surface area contributed by atoms with Gasteiger partial charge >= 0.3 is 0 Å². The molecule has 3 aromatic rings. The van der Waals surface area contributed by atoms with Crippen LogP contribution in [-0.4, -0.2) is 17.9 Å². The van der Waals surface area contributed by atoms with E-state index in [1.807, 2.05) is 93.6 Å². The SMILES string of the molecule is Cc1ccc(N2C(=O)[C@@H]3[C@@H](c4ccccc4C)N(c4ccccc4)O[C@H]3C2=O)c(C)c1. The molecule has 0 N–H and O–H groups in total. The molecule has 0 unspecified atom stereocenters. The van der Waals surface area contributed by atoms with Crippen LogP contribution < -0.4 is 9.96 Å². The highest BCUT2D eigenvalue weighted by molar-refractivity contribution is 6.24. The highest BCUT2D eigenvalue weighted by atomic mass is 16.7.